The minimum atomic E-state index is -4.57. The topological polar surface area (TPSA) is 108 Å². The van der Waals surface area contributed by atoms with Crippen molar-refractivity contribution < 1.29 is 32.9 Å². The van der Waals surface area contributed by atoms with E-state index >= 15 is 0 Å². The second-order valence-corrected chi connectivity index (χ2v) is 24.2. The van der Waals surface area contributed by atoms with Crippen molar-refractivity contribution in [3.8, 4) is 0 Å². The van der Waals surface area contributed by atoms with Gasteiger partial charge in [0, 0.05) is 6.42 Å². The minimum Gasteiger partial charge on any atom is -0.756 e. The molecule has 1 amide bonds. The number of unbranched alkanes of at least 4 members (excludes halogenated alkanes) is 43. The number of aliphatic hydroxyl groups excluding tert-OH is 1. The van der Waals surface area contributed by atoms with E-state index in [0.29, 0.717) is 23.9 Å². The molecule has 0 aromatic rings. The molecule has 0 aromatic carbocycles. The largest absolute Gasteiger partial charge is 0.756 e. The average Bonchev–Trinajstić information content (AvgIpc) is 3.32. The fourth-order valence-corrected chi connectivity index (χ4v) is 10.4. The number of phosphoric ester groups is 1. The van der Waals surface area contributed by atoms with Gasteiger partial charge in [-0.2, -0.15) is 0 Å². The van der Waals surface area contributed by atoms with Gasteiger partial charge in [0.1, 0.15) is 13.2 Å². The maximum absolute atomic E-state index is 13.0. The second kappa shape index (κ2) is 53.1. The summed E-state index contributed by atoms with van der Waals surface area (Å²) in [5.41, 5.74) is 0. The van der Waals surface area contributed by atoms with Crippen LogP contribution in [0.25, 0.3) is 0 Å². The SMILES string of the molecule is CCCCCCCCCCCCCCCC/C=C\CCCCCCCCCCCCCCCCCCCC(=O)NC(COP(=O)([O-])OCC[N+](C)(C)C)C(O)CCCCCCCCCCCCCCC. The molecule has 0 aromatic heterocycles. The first-order chi connectivity index (χ1) is 34.0. The van der Waals surface area contributed by atoms with E-state index in [1.807, 2.05) is 21.1 Å². The van der Waals surface area contributed by atoms with Crippen molar-refractivity contribution in [3.05, 3.63) is 12.2 Å². The van der Waals surface area contributed by atoms with Crippen LogP contribution in [-0.2, 0) is 18.4 Å². The van der Waals surface area contributed by atoms with Crippen LogP contribution >= 0.6 is 7.82 Å². The molecule has 0 bridgehead atoms. The van der Waals surface area contributed by atoms with Crippen molar-refractivity contribution in [2.75, 3.05) is 40.9 Å². The molecule has 3 atom stereocenters. The molecule has 9 heteroatoms. The Kier molecular flexibility index (Phi) is 52.5. The van der Waals surface area contributed by atoms with Crippen LogP contribution in [0.4, 0.5) is 0 Å². The van der Waals surface area contributed by atoms with Gasteiger partial charge in [-0.15, -0.1) is 0 Å². The van der Waals surface area contributed by atoms with Gasteiger partial charge in [0.15, 0.2) is 0 Å². The van der Waals surface area contributed by atoms with Crippen molar-refractivity contribution in [1.82, 2.24) is 5.32 Å². The van der Waals surface area contributed by atoms with Crippen molar-refractivity contribution in [1.29, 1.82) is 0 Å². The zero-order valence-electron chi connectivity index (χ0n) is 47.8. The Morgan fingerprint density at radius 1 is 0.486 bits per heavy atom. The molecule has 0 rings (SSSR count). The molecule has 0 saturated carbocycles. The summed E-state index contributed by atoms with van der Waals surface area (Å²) in [6, 6.07) is -0.796. The second-order valence-electron chi connectivity index (χ2n) is 22.8. The molecule has 0 aliphatic heterocycles. The summed E-state index contributed by atoms with van der Waals surface area (Å²) in [7, 11) is 1.32. The Labute approximate surface area is 437 Å². The third-order valence-electron chi connectivity index (χ3n) is 14.5. The van der Waals surface area contributed by atoms with Gasteiger partial charge < -0.3 is 28.8 Å². The smallest absolute Gasteiger partial charge is 0.268 e. The molecule has 0 fully saturated rings. The predicted octanol–water partition coefficient (Wildman–Crippen LogP) is 18.4. The van der Waals surface area contributed by atoms with Gasteiger partial charge >= 0.3 is 0 Å². The lowest BCUT2D eigenvalue weighted by Crippen LogP contribution is -2.46. The van der Waals surface area contributed by atoms with Crippen LogP contribution in [0.1, 0.15) is 322 Å². The summed E-state index contributed by atoms with van der Waals surface area (Å²) in [5, 5.41) is 14.0. The highest BCUT2D eigenvalue weighted by Gasteiger charge is 2.24. The maximum atomic E-state index is 13.0. The van der Waals surface area contributed by atoms with E-state index in [4.69, 9.17) is 9.05 Å². The van der Waals surface area contributed by atoms with Gasteiger partial charge in [-0.1, -0.05) is 289 Å². The fourth-order valence-electron chi connectivity index (χ4n) is 9.63. The Balaban J connectivity index is 3.90. The Morgan fingerprint density at radius 3 is 1.11 bits per heavy atom. The van der Waals surface area contributed by atoms with Gasteiger partial charge in [-0.05, 0) is 38.5 Å². The highest BCUT2D eigenvalue weighted by Crippen LogP contribution is 2.38. The van der Waals surface area contributed by atoms with Crippen molar-refractivity contribution >= 4 is 13.7 Å². The first-order valence-electron chi connectivity index (χ1n) is 31.0. The molecule has 418 valence electrons. The molecular weight excluding hydrogens is 888 g/mol. The van der Waals surface area contributed by atoms with E-state index in [9.17, 15) is 19.4 Å². The van der Waals surface area contributed by atoms with Crippen LogP contribution in [0, 0.1) is 0 Å². The van der Waals surface area contributed by atoms with Crippen LogP contribution in [-0.4, -0.2) is 68.5 Å². The predicted molar refractivity (Wildman–Crippen MR) is 302 cm³/mol. The van der Waals surface area contributed by atoms with E-state index in [2.05, 4.69) is 31.3 Å². The van der Waals surface area contributed by atoms with Crippen molar-refractivity contribution in [2.24, 2.45) is 0 Å². The summed E-state index contributed by atoms with van der Waals surface area (Å²) in [4.78, 5) is 25.5. The number of rotatable bonds is 58. The Hall–Kier alpha value is -0.760. The lowest BCUT2D eigenvalue weighted by atomic mass is 10.0. The Bertz CT molecular complexity index is 1150. The maximum Gasteiger partial charge on any atom is 0.268 e. The van der Waals surface area contributed by atoms with Crippen LogP contribution in [0.5, 0.6) is 0 Å². The molecule has 3 unspecified atom stereocenters. The number of phosphoric acid groups is 1. The molecular formula is C61H123N2O6P. The number of likely N-dealkylation sites (N-methyl/N-ethyl adjacent to an activating group) is 1. The lowest BCUT2D eigenvalue weighted by molar-refractivity contribution is -0.870. The van der Waals surface area contributed by atoms with Crippen LogP contribution in [0.2, 0.25) is 0 Å². The monoisotopic (exact) mass is 1010 g/mol. The zero-order chi connectivity index (χ0) is 51.3. The summed E-state index contributed by atoms with van der Waals surface area (Å²) in [6.07, 6.45) is 65.6. The summed E-state index contributed by atoms with van der Waals surface area (Å²) >= 11 is 0. The number of quaternary nitrogens is 1. The third kappa shape index (κ3) is 55.0. The summed E-state index contributed by atoms with van der Waals surface area (Å²) in [6.45, 7) is 4.76. The number of hydrogen-bond donors (Lipinski definition) is 2. The summed E-state index contributed by atoms with van der Waals surface area (Å²) < 4.78 is 23.4. The molecule has 0 aliphatic rings. The van der Waals surface area contributed by atoms with E-state index in [1.165, 1.54) is 257 Å². The van der Waals surface area contributed by atoms with Gasteiger partial charge in [0.2, 0.25) is 5.91 Å². The number of amides is 1. The zero-order valence-corrected chi connectivity index (χ0v) is 48.6. The molecule has 0 aliphatic carbocycles. The first kappa shape index (κ1) is 69.2. The number of aliphatic hydroxyl groups is 1. The van der Waals surface area contributed by atoms with E-state index in [1.54, 1.807) is 0 Å². The van der Waals surface area contributed by atoms with E-state index in [-0.39, 0.29) is 19.1 Å². The van der Waals surface area contributed by atoms with Gasteiger partial charge in [-0.25, -0.2) is 0 Å². The van der Waals surface area contributed by atoms with Crippen LogP contribution in [0.15, 0.2) is 12.2 Å². The van der Waals surface area contributed by atoms with Crippen LogP contribution < -0.4 is 10.2 Å². The van der Waals surface area contributed by atoms with Gasteiger partial charge in [0.05, 0.1) is 39.9 Å². The fraction of sp³-hybridized carbons (Fsp3) is 0.951. The molecule has 70 heavy (non-hydrogen) atoms. The number of hydrogen-bond acceptors (Lipinski definition) is 6. The standard InChI is InChI=1S/C61H123N2O6P/c1-6-8-10-12-14-16-18-20-21-22-23-24-25-26-27-28-29-30-31-32-33-34-35-36-37-38-39-40-41-43-45-47-49-51-53-55-61(65)62-59(58-69-70(66,67)68-57-56-63(3,4)5)60(64)54-52-50-48-46-44-42-19-17-15-13-11-9-7-2/h28-29,59-60,64H,6-27,30-58H2,1-5H3,(H-,62,65,66,67)/b29-28-. The minimum absolute atomic E-state index is 0.0152. The van der Waals surface area contributed by atoms with Gasteiger partial charge in [0.25, 0.3) is 7.82 Å². The molecule has 0 heterocycles. The molecule has 8 nitrogen and oxygen atoms in total. The van der Waals surface area contributed by atoms with Crippen molar-refractivity contribution in [2.45, 2.75) is 334 Å². The van der Waals surface area contributed by atoms with Crippen molar-refractivity contribution in [3.63, 3.8) is 0 Å². The Morgan fingerprint density at radius 2 is 0.786 bits per heavy atom. The quantitative estimate of drug-likeness (QED) is 0.0272. The molecule has 0 spiro atoms. The number of carbonyl (C=O) groups excluding carboxylic acids is 1. The lowest BCUT2D eigenvalue weighted by Gasteiger charge is -2.30. The first-order valence-corrected chi connectivity index (χ1v) is 32.5. The summed E-state index contributed by atoms with van der Waals surface area (Å²) in [5.74, 6) is -0.159. The normalized spacial score (nSPS) is 13.9. The molecule has 0 saturated heterocycles. The number of allylic oxidation sites excluding steroid dienone is 2. The molecule has 0 radical (unpaired) electrons. The third-order valence-corrected chi connectivity index (χ3v) is 15.5. The van der Waals surface area contributed by atoms with Crippen LogP contribution in [0.3, 0.4) is 0 Å². The number of nitrogens with one attached hydrogen (secondary N) is 1. The molecule has 2 N–H and O–H groups in total. The number of nitrogens with zero attached hydrogens (tertiary/aromatic N) is 1. The highest BCUT2D eigenvalue weighted by atomic mass is 31.2. The van der Waals surface area contributed by atoms with Gasteiger partial charge in [-0.3, -0.25) is 9.36 Å². The average molecular weight is 1010 g/mol. The van der Waals surface area contributed by atoms with E-state index < -0.39 is 20.0 Å². The number of carbonyl (C=O) groups is 1. The highest BCUT2D eigenvalue weighted by molar-refractivity contribution is 7.45. The van der Waals surface area contributed by atoms with E-state index in [0.717, 1.165) is 38.5 Å².